The number of nitro groups is 3. The van der Waals surface area contributed by atoms with Crippen LogP contribution in [0.2, 0.25) is 0 Å². The Hall–Kier alpha value is -6.12. The number of amides is 4. The molecule has 0 bridgehead atoms. The van der Waals surface area contributed by atoms with E-state index in [1.165, 1.54) is 41.3 Å². The normalized spacial score (nSPS) is 8.85. The SMILES string of the molecule is C.C.C.NCCCCCC(=O)Nc1ccccc1N.NCCCCCC(=O)Nc1ccccc1[N+](=O)[O-].O=C(CCCCCBr)Nc1ccccc1[N+](=O)[O-].O=C(Cl)CBr.[CH3-].[N-]=[N+]=NCCCCCC(=O)Nc1ccccc1[N+](=O)[O-].[N-]=[N+]=[N-].[Na+].[Pd]. The summed E-state index contributed by atoms with van der Waals surface area (Å²) in [7, 11) is 0. The van der Waals surface area contributed by atoms with Gasteiger partial charge in [-0.1, -0.05) is 133 Å². The van der Waals surface area contributed by atoms with E-state index in [9.17, 15) is 54.3 Å². The molecule has 0 saturated carbocycles. The number of alkyl halides is 2. The minimum absolute atomic E-state index is 0. The molecular formula is C54H83Br2ClN16NaO11Pd-. The molecule has 0 aliphatic carbocycles. The van der Waals surface area contributed by atoms with Crippen LogP contribution < -0.4 is 68.0 Å². The number of nitrogens with zero attached hydrogens (tertiary/aromatic N) is 9. The molecule has 478 valence electrons. The predicted molar refractivity (Wildman–Crippen MR) is 346 cm³/mol. The second-order valence-electron chi connectivity index (χ2n) is 16.1. The molecule has 0 spiro atoms. The van der Waals surface area contributed by atoms with Crippen molar-refractivity contribution in [1.82, 2.24) is 0 Å². The molecule has 4 aromatic rings. The average Bonchev–Trinajstić information content (AvgIpc) is 3.63. The molecule has 4 rings (SSSR count). The van der Waals surface area contributed by atoms with E-state index in [-0.39, 0.29) is 154 Å². The third-order valence-electron chi connectivity index (χ3n) is 9.94. The van der Waals surface area contributed by atoms with Crippen molar-refractivity contribution < 1.29 is 88.7 Å². The number of halogens is 3. The summed E-state index contributed by atoms with van der Waals surface area (Å²) >= 11 is 10.9. The van der Waals surface area contributed by atoms with Crippen molar-refractivity contribution in [3.05, 3.63) is 161 Å². The molecule has 4 amide bonds. The van der Waals surface area contributed by atoms with Gasteiger partial charge in [0.05, 0.1) is 31.5 Å². The van der Waals surface area contributed by atoms with Gasteiger partial charge in [-0.3, -0.25) is 59.2 Å². The molecule has 10 N–H and O–H groups in total. The molecule has 86 heavy (non-hydrogen) atoms. The van der Waals surface area contributed by atoms with Crippen molar-refractivity contribution in [2.24, 2.45) is 16.6 Å². The maximum absolute atomic E-state index is 11.7. The Labute approximate surface area is 562 Å². The monoisotopic (exact) mass is 1450 g/mol. The Morgan fingerprint density at radius 1 is 0.512 bits per heavy atom. The van der Waals surface area contributed by atoms with Crippen LogP contribution in [0, 0.1) is 37.8 Å². The quantitative estimate of drug-likeness (QED) is 0.00227. The van der Waals surface area contributed by atoms with Crippen molar-refractivity contribution in [1.29, 1.82) is 0 Å². The van der Waals surface area contributed by atoms with Crippen LogP contribution in [0.5, 0.6) is 0 Å². The minimum atomic E-state index is -0.532. The summed E-state index contributed by atoms with van der Waals surface area (Å²) in [6.45, 7) is 1.72. The maximum Gasteiger partial charge on any atom is 1.00 e. The fraction of sp³-hybridized carbons (Fsp3) is 0.444. The molecule has 4 aromatic carbocycles. The second kappa shape index (κ2) is 64.9. The van der Waals surface area contributed by atoms with Gasteiger partial charge in [-0.05, 0) is 112 Å². The second-order valence-corrected chi connectivity index (χ2v) is 17.9. The first-order valence-corrected chi connectivity index (χ1v) is 27.4. The minimum Gasteiger partial charge on any atom is -0.397 e. The van der Waals surface area contributed by atoms with Crippen molar-refractivity contribution in [2.45, 2.75) is 125 Å². The topological polar surface area (TPSA) is 448 Å². The van der Waals surface area contributed by atoms with Crippen molar-refractivity contribution in [3.8, 4) is 0 Å². The van der Waals surface area contributed by atoms with E-state index in [0.29, 0.717) is 56.7 Å². The van der Waals surface area contributed by atoms with Gasteiger partial charge in [0, 0.05) is 81.1 Å². The van der Waals surface area contributed by atoms with Gasteiger partial charge in [-0.2, -0.15) is 0 Å². The number of rotatable bonds is 29. The molecule has 32 heteroatoms. The molecule has 0 radical (unpaired) electrons. The first-order chi connectivity index (χ1) is 38.4. The average molecular weight is 1460 g/mol. The van der Waals surface area contributed by atoms with Gasteiger partial charge in [-0.15, -0.1) is 0 Å². The third-order valence-corrected chi connectivity index (χ3v) is 11.5. The van der Waals surface area contributed by atoms with Gasteiger partial charge in [0.15, 0.2) is 0 Å². The van der Waals surface area contributed by atoms with Crippen LogP contribution in [-0.4, -0.2) is 73.9 Å². The van der Waals surface area contributed by atoms with Crippen molar-refractivity contribution >= 4 is 118 Å². The van der Waals surface area contributed by atoms with E-state index in [0.717, 1.165) is 76.0 Å². The van der Waals surface area contributed by atoms with E-state index >= 15 is 0 Å². The van der Waals surface area contributed by atoms with Crippen LogP contribution in [0.3, 0.4) is 0 Å². The number of hydrogen-bond acceptors (Lipinski definition) is 15. The van der Waals surface area contributed by atoms with E-state index < -0.39 is 14.8 Å². The molecule has 0 fully saturated rings. The number of benzene rings is 4. The molecule has 0 aliphatic rings. The smallest absolute Gasteiger partial charge is 0.397 e. The number of hydrogen-bond donors (Lipinski definition) is 7. The Balaban J connectivity index is -0.000000147. The van der Waals surface area contributed by atoms with Gasteiger partial charge in [-0.25, -0.2) is 0 Å². The van der Waals surface area contributed by atoms with Crippen LogP contribution in [0.1, 0.15) is 125 Å². The van der Waals surface area contributed by atoms with Crippen LogP contribution >= 0.6 is 43.5 Å². The summed E-state index contributed by atoms with van der Waals surface area (Å²) in [5.74, 6) is -0.641. The Morgan fingerprint density at radius 3 is 1.05 bits per heavy atom. The van der Waals surface area contributed by atoms with Crippen LogP contribution in [-0.2, 0) is 44.4 Å². The first-order valence-electron chi connectivity index (χ1n) is 24.8. The van der Waals surface area contributed by atoms with E-state index in [4.69, 9.17) is 45.4 Å². The number of carbonyl (C=O) groups excluding carboxylic acids is 5. The van der Waals surface area contributed by atoms with E-state index in [2.05, 4.69) is 63.2 Å². The molecular weight excluding hydrogens is 1370 g/mol. The summed E-state index contributed by atoms with van der Waals surface area (Å²) in [4.78, 5) is 90.8. The first kappa shape index (κ1) is 96.2. The van der Waals surface area contributed by atoms with Gasteiger partial charge < -0.3 is 57.0 Å². The molecule has 0 saturated heterocycles. The van der Waals surface area contributed by atoms with E-state index in [1.54, 1.807) is 48.5 Å². The third kappa shape index (κ3) is 52.2. The van der Waals surface area contributed by atoms with Crippen LogP contribution in [0.4, 0.5) is 45.5 Å². The summed E-state index contributed by atoms with van der Waals surface area (Å²) in [5.41, 5.74) is 39.7. The zero-order valence-corrected chi connectivity index (χ0v) is 53.8. The summed E-state index contributed by atoms with van der Waals surface area (Å²) in [5, 5.41) is 46.9. The summed E-state index contributed by atoms with van der Waals surface area (Å²) in [6, 6.07) is 25.5. The van der Waals surface area contributed by atoms with Gasteiger partial charge >= 0.3 is 29.6 Å². The number of unbranched alkanes of at least 4 members (excludes halogenated alkanes) is 8. The molecule has 0 atom stereocenters. The fourth-order valence-electron chi connectivity index (χ4n) is 6.14. The number of anilines is 5. The van der Waals surface area contributed by atoms with Crippen molar-refractivity contribution in [3.63, 3.8) is 0 Å². The van der Waals surface area contributed by atoms with Crippen molar-refractivity contribution in [2.75, 3.05) is 57.3 Å². The summed E-state index contributed by atoms with van der Waals surface area (Å²) in [6.07, 6.45) is 11.8. The molecule has 27 nitrogen and oxygen atoms in total. The fourth-order valence-corrected chi connectivity index (χ4v) is 6.53. The number of nitrogens with two attached hydrogens (primary N) is 3. The van der Waals surface area contributed by atoms with Gasteiger partial charge in [0.25, 0.3) is 17.1 Å². The largest absolute Gasteiger partial charge is 1.00 e. The predicted octanol–water partition coefficient (Wildman–Crippen LogP) is 12.0. The Morgan fingerprint density at radius 2 is 0.779 bits per heavy atom. The van der Waals surface area contributed by atoms with Gasteiger partial charge in [0.2, 0.25) is 28.9 Å². The molecule has 0 unspecified atom stereocenters. The zero-order valence-electron chi connectivity index (χ0n) is 46.3. The molecule has 0 aliphatic heterocycles. The Bertz CT molecular complexity index is 2530. The Kier molecular flexibility index (Phi) is 72.6. The maximum atomic E-state index is 11.7. The number of nitrogen functional groups attached to an aromatic ring is 1. The van der Waals surface area contributed by atoms with Gasteiger partial charge in [0.1, 0.15) is 17.1 Å². The zero-order chi connectivity index (χ0) is 60.4. The number of nitrogens with one attached hydrogen (secondary N) is 4. The molecule has 0 aromatic heterocycles. The number of carbonyl (C=O) groups is 5. The van der Waals surface area contributed by atoms with E-state index in [1.807, 2.05) is 12.1 Å². The van der Waals surface area contributed by atoms with Crippen LogP contribution in [0.25, 0.3) is 26.4 Å². The summed E-state index contributed by atoms with van der Waals surface area (Å²) < 4.78 is 0. The molecule has 0 heterocycles. The number of para-hydroxylation sites is 8. The van der Waals surface area contributed by atoms with Crippen LogP contribution in [0.15, 0.2) is 102 Å². The number of azide groups is 1. The number of nitro benzene ring substituents is 3. The standard InChI is InChI=1S/C12H15BrN2O3.C12H15N5O3.C12H17N3O3.C12H19N3O.C2H2BrClO.3CH4.CH3.N3.Na.Pd/c13-9-5-1-2-8-12(16)14-10-6-3-4-7-11(10)15(17)18;13-16-14-9-5-1-2-8-12(18)15-10-6-3-4-7-11(10)17(19)20;13-9-5-1-2-8-12(16)14-10-6-3-4-7-11(10)15(17)18;13-9-5-1-2-8-12(16)15-11-7-4-3-6-10(11)14;3-1-2(4)5;;;;;1-3-2;;/h3-4,6-7H,1-2,5,8-9H2,(H,14,16);3-4,6-7H,1-2,5,8-9H2,(H,15,18);3-4,6-7H,1-2,5,8-9,13H2,(H,14,16);3-4,6-7H,1-2,5,8-9,13-14H2,(H,15,16);1H2;3*1H4;1H3;;;/q;;;;;;;;2*-1;+1;.